The molecule has 1 fully saturated rings. The number of rotatable bonds is 5. The van der Waals surface area contributed by atoms with Crippen LogP contribution in [-0.4, -0.2) is 63.2 Å². The quantitative estimate of drug-likeness (QED) is 0.681. The van der Waals surface area contributed by atoms with Crippen molar-refractivity contribution in [2.75, 3.05) is 47.1 Å². The molecule has 1 aliphatic heterocycles. The second-order valence-electron chi connectivity index (χ2n) is 3.95. The lowest BCUT2D eigenvalue weighted by Crippen LogP contribution is -2.40. The van der Waals surface area contributed by atoms with Crippen molar-refractivity contribution in [1.29, 1.82) is 0 Å². The van der Waals surface area contributed by atoms with E-state index >= 15 is 0 Å². The number of methoxy groups -OCH3 is 1. The average molecular weight is 203 g/mol. The van der Waals surface area contributed by atoms with Gasteiger partial charge < -0.3 is 19.5 Å². The highest BCUT2D eigenvalue weighted by molar-refractivity contribution is 4.75. The van der Waals surface area contributed by atoms with Crippen molar-refractivity contribution in [1.82, 2.24) is 4.90 Å². The SMILES string of the molecule is COCCN(C)CC1COCCC1O. The van der Waals surface area contributed by atoms with Crippen LogP contribution in [0.25, 0.3) is 0 Å². The predicted molar refractivity (Wildman–Crippen MR) is 54.3 cm³/mol. The Kier molecular flexibility index (Phi) is 5.40. The normalized spacial score (nSPS) is 28.3. The molecule has 0 aromatic rings. The number of likely N-dealkylation sites (N-methyl/N-ethyl adjacent to an activating group) is 1. The molecule has 1 aliphatic rings. The van der Waals surface area contributed by atoms with Crippen LogP contribution in [0.5, 0.6) is 0 Å². The third kappa shape index (κ3) is 3.92. The summed E-state index contributed by atoms with van der Waals surface area (Å²) in [6.07, 6.45) is 0.566. The van der Waals surface area contributed by atoms with Crippen LogP contribution in [-0.2, 0) is 9.47 Å². The molecule has 4 nitrogen and oxygen atoms in total. The molecule has 0 aromatic heterocycles. The van der Waals surface area contributed by atoms with Gasteiger partial charge in [0.2, 0.25) is 0 Å². The highest BCUT2D eigenvalue weighted by Crippen LogP contribution is 2.15. The van der Waals surface area contributed by atoms with E-state index in [0.29, 0.717) is 13.2 Å². The first-order valence-electron chi connectivity index (χ1n) is 5.17. The number of aliphatic hydroxyl groups is 1. The van der Waals surface area contributed by atoms with Crippen molar-refractivity contribution in [3.05, 3.63) is 0 Å². The highest BCUT2D eigenvalue weighted by atomic mass is 16.5. The Balaban J connectivity index is 2.20. The van der Waals surface area contributed by atoms with Gasteiger partial charge in [0.05, 0.1) is 19.3 Å². The van der Waals surface area contributed by atoms with Gasteiger partial charge in [0.1, 0.15) is 0 Å². The van der Waals surface area contributed by atoms with Gasteiger partial charge in [-0.3, -0.25) is 0 Å². The maximum absolute atomic E-state index is 9.71. The van der Waals surface area contributed by atoms with Crippen molar-refractivity contribution >= 4 is 0 Å². The van der Waals surface area contributed by atoms with Gasteiger partial charge in [-0.25, -0.2) is 0 Å². The Bertz CT molecular complexity index is 154. The molecule has 4 heteroatoms. The maximum Gasteiger partial charge on any atom is 0.0624 e. The molecule has 14 heavy (non-hydrogen) atoms. The van der Waals surface area contributed by atoms with Gasteiger partial charge in [-0.2, -0.15) is 0 Å². The van der Waals surface area contributed by atoms with Crippen LogP contribution in [0.3, 0.4) is 0 Å². The molecule has 2 atom stereocenters. The molecule has 0 bridgehead atoms. The second kappa shape index (κ2) is 6.35. The van der Waals surface area contributed by atoms with Gasteiger partial charge in [-0.1, -0.05) is 0 Å². The maximum atomic E-state index is 9.71. The van der Waals surface area contributed by atoms with Crippen LogP contribution < -0.4 is 0 Å². The number of hydrogen-bond acceptors (Lipinski definition) is 4. The Labute approximate surface area is 85.8 Å². The lowest BCUT2D eigenvalue weighted by molar-refractivity contribution is -0.0456. The van der Waals surface area contributed by atoms with E-state index in [1.807, 2.05) is 7.05 Å². The van der Waals surface area contributed by atoms with Crippen molar-refractivity contribution in [2.24, 2.45) is 5.92 Å². The molecule has 1 saturated heterocycles. The van der Waals surface area contributed by atoms with E-state index in [4.69, 9.17) is 9.47 Å². The van der Waals surface area contributed by atoms with Crippen LogP contribution in [0.1, 0.15) is 6.42 Å². The molecular formula is C10H21NO3. The smallest absolute Gasteiger partial charge is 0.0624 e. The Morgan fingerprint density at radius 3 is 3.00 bits per heavy atom. The molecule has 1 rings (SSSR count). The third-order valence-corrected chi connectivity index (χ3v) is 2.66. The predicted octanol–water partition coefficient (Wildman–Crippen LogP) is -0.0380. The summed E-state index contributed by atoms with van der Waals surface area (Å²) < 4.78 is 10.3. The zero-order chi connectivity index (χ0) is 10.4. The van der Waals surface area contributed by atoms with E-state index in [1.165, 1.54) is 0 Å². The average Bonchev–Trinajstić information content (AvgIpc) is 2.18. The van der Waals surface area contributed by atoms with Crippen LogP contribution in [0.2, 0.25) is 0 Å². The Morgan fingerprint density at radius 1 is 1.57 bits per heavy atom. The monoisotopic (exact) mass is 203 g/mol. The molecule has 1 N–H and O–H groups in total. The fraction of sp³-hybridized carbons (Fsp3) is 1.00. The summed E-state index contributed by atoms with van der Waals surface area (Å²) in [4.78, 5) is 2.17. The molecule has 0 saturated carbocycles. The summed E-state index contributed by atoms with van der Waals surface area (Å²) in [6.45, 7) is 3.89. The van der Waals surface area contributed by atoms with E-state index in [1.54, 1.807) is 7.11 Å². The first-order chi connectivity index (χ1) is 6.74. The van der Waals surface area contributed by atoms with Gasteiger partial charge in [0, 0.05) is 32.7 Å². The minimum Gasteiger partial charge on any atom is -0.393 e. The Morgan fingerprint density at radius 2 is 2.36 bits per heavy atom. The van der Waals surface area contributed by atoms with E-state index in [0.717, 1.165) is 26.1 Å². The summed E-state index contributed by atoms with van der Waals surface area (Å²) in [6, 6.07) is 0. The molecule has 0 aromatic carbocycles. The minimum atomic E-state index is -0.200. The zero-order valence-electron chi connectivity index (χ0n) is 9.11. The lowest BCUT2D eigenvalue weighted by Gasteiger charge is -2.31. The van der Waals surface area contributed by atoms with Gasteiger partial charge in [-0.05, 0) is 13.5 Å². The van der Waals surface area contributed by atoms with Crippen LogP contribution in [0, 0.1) is 5.92 Å². The van der Waals surface area contributed by atoms with Crippen LogP contribution in [0.4, 0.5) is 0 Å². The van der Waals surface area contributed by atoms with Gasteiger partial charge in [0.25, 0.3) is 0 Å². The molecule has 84 valence electrons. The van der Waals surface area contributed by atoms with Crippen LogP contribution in [0.15, 0.2) is 0 Å². The number of nitrogens with zero attached hydrogens (tertiary/aromatic N) is 1. The fourth-order valence-electron chi connectivity index (χ4n) is 1.70. The molecule has 0 aliphatic carbocycles. The number of hydrogen-bond donors (Lipinski definition) is 1. The first kappa shape index (κ1) is 11.9. The molecule has 1 heterocycles. The summed E-state index contributed by atoms with van der Waals surface area (Å²) in [7, 11) is 3.74. The van der Waals surface area contributed by atoms with Gasteiger partial charge >= 0.3 is 0 Å². The largest absolute Gasteiger partial charge is 0.393 e. The molecule has 0 radical (unpaired) electrons. The fourth-order valence-corrected chi connectivity index (χ4v) is 1.70. The van der Waals surface area contributed by atoms with Crippen molar-refractivity contribution < 1.29 is 14.6 Å². The van der Waals surface area contributed by atoms with Gasteiger partial charge in [-0.15, -0.1) is 0 Å². The van der Waals surface area contributed by atoms with E-state index in [-0.39, 0.29) is 12.0 Å². The molecule has 2 unspecified atom stereocenters. The van der Waals surface area contributed by atoms with Gasteiger partial charge in [0.15, 0.2) is 0 Å². The number of aliphatic hydroxyl groups excluding tert-OH is 1. The van der Waals surface area contributed by atoms with E-state index in [2.05, 4.69) is 4.90 Å². The summed E-state index contributed by atoms with van der Waals surface area (Å²) in [5, 5.41) is 9.71. The van der Waals surface area contributed by atoms with Crippen molar-refractivity contribution in [3.8, 4) is 0 Å². The minimum absolute atomic E-state index is 0.200. The zero-order valence-corrected chi connectivity index (χ0v) is 9.11. The third-order valence-electron chi connectivity index (χ3n) is 2.66. The first-order valence-corrected chi connectivity index (χ1v) is 5.17. The lowest BCUT2D eigenvalue weighted by atomic mass is 9.98. The topological polar surface area (TPSA) is 41.9 Å². The van der Waals surface area contributed by atoms with E-state index in [9.17, 15) is 5.11 Å². The number of ether oxygens (including phenoxy) is 2. The highest BCUT2D eigenvalue weighted by Gasteiger charge is 2.24. The molecular weight excluding hydrogens is 182 g/mol. The van der Waals surface area contributed by atoms with E-state index < -0.39 is 0 Å². The summed E-state index contributed by atoms with van der Waals surface area (Å²) >= 11 is 0. The Hall–Kier alpha value is -0.160. The summed E-state index contributed by atoms with van der Waals surface area (Å²) in [5.41, 5.74) is 0. The van der Waals surface area contributed by atoms with Crippen LogP contribution >= 0.6 is 0 Å². The standard InChI is InChI=1S/C10H21NO3/c1-11(4-6-13-2)7-9-8-14-5-3-10(9)12/h9-10,12H,3-8H2,1-2H3. The molecule has 0 spiro atoms. The summed E-state index contributed by atoms with van der Waals surface area (Å²) in [5.74, 6) is 0.255. The van der Waals surface area contributed by atoms with Crippen molar-refractivity contribution in [2.45, 2.75) is 12.5 Å². The second-order valence-corrected chi connectivity index (χ2v) is 3.95. The van der Waals surface area contributed by atoms with Crippen molar-refractivity contribution in [3.63, 3.8) is 0 Å². The molecule has 0 amide bonds.